The largest absolute Gasteiger partial charge is 0.484 e. The molecule has 4 heteroatoms. The van der Waals surface area contributed by atoms with Crippen LogP contribution >= 0.6 is 0 Å². The van der Waals surface area contributed by atoms with Crippen LogP contribution in [0.1, 0.15) is 12.8 Å². The minimum absolute atomic E-state index is 0.0566. The van der Waals surface area contributed by atoms with E-state index in [0.717, 1.165) is 53.5 Å². The second-order valence-corrected chi connectivity index (χ2v) is 6.69. The van der Waals surface area contributed by atoms with Crippen molar-refractivity contribution in [2.75, 3.05) is 25.4 Å². The van der Waals surface area contributed by atoms with Crippen molar-refractivity contribution in [3.63, 3.8) is 0 Å². The van der Waals surface area contributed by atoms with E-state index in [1.165, 1.54) is 0 Å². The van der Waals surface area contributed by atoms with Crippen molar-refractivity contribution in [3.8, 4) is 16.9 Å². The van der Waals surface area contributed by atoms with Crippen molar-refractivity contribution < 1.29 is 9.53 Å². The molecule has 1 aliphatic heterocycles. The second kappa shape index (κ2) is 7.08. The number of likely N-dealkylation sites (tertiary alicyclic amines) is 1. The number of hydrogen-bond acceptors (Lipinski definition) is 3. The van der Waals surface area contributed by atoms with Gasteiger partial charge in [-0.1, -0.05) is 36.4 Å². The van der Waals surface area contributed by atoms with E-state index < -0.39 is 0 Å². The number of ether oxygens (including phenoxy) is 1. The molecule has 4 rings (SSSR count). The molecule has 0 aromatic heterocycles. The van der Waals surface area contributed by atoms with Crippen LogP contribution in [0, 0.1) is 0 Å². The molecule has 0 spiro atoms. The normalized spacial score (nSPS) is 13.9. The van der Waals surface area contributed by atoms with Crippen LogP contribution in [0.3, 0.4) is 0 Å². The number of hydrogen-bond donors (Lipinski definition) is 1. The lowest BCUT2D eigenvalue weighted by Gasteiger charge is -2.16. The Hall–Kier alpha value is -3.01. The monoisotopic (exact) mass is 346 g/mol. The highest BCUT2D eigenvalue weighted by Gasteiger charge is 2.18. The van der Waals surface area contributed by atoms with E-state index in [4.69, 9.17) is 10.5 Å². The summed E-state index contributed by atoms with van der Waals surface area (Å²) in [7, 11) is 0. The third-order valence-corrected chi connectivity index (χ3v) is 4.85. The van der Waals surface area contributed by atoms with Gasteiger partial charge < -0.3 is 15.4 Å². The van der Waals surface area contributed by atoms with Gasteiger partial charge in [0.1, 0.15) is 5.75 Å². The predicted molar refractivity (Wildman–Crippen MR) is 105 cm³/mol. The first-order chi connectivity index (χ1) is 12.7. The number of rotatable bonds is 4. The zero-order valence-corrected chi connectivity index (χ0v) is 14.7. The summed E-state index contributed by atoms with van der Waals surface area (Å²) in [6.45, 7) is 1.76. The van der Waals surface area contributed by atoms with Gasteiger partial charge in [0, 0.05) is 18.8 Å². The number of benzene rings is 3. The molecule has 3 aromatic carbocycles. The average Bonchev–Trinajstić information content (AvgIpc) is 3.20. The van der Waals surface area contributed by atoms with Gasteiger partial charge in [-0.05, 0) is 59.0 Å². The van der Waals surface area contributed by atoms with E-state index in [-0.39, 0.29) is 12.5 Å². The number of amides is 1. The van der Waals surface area contributed by atoms with Crippen LogP contribution in [0.2, 0.25) is 0 Å². The Bertz CT molecular complexity index is 946. The fraction of sp³-hybridized carbons (Fsp3) is 0.227. The van der Waals surface area contributed by atoms with Crippen LogP contribution < -0.4 is 10.5 Å². The van der Waals surface area contributed by atoms with Crippen LogP contribution in [0.15, 0.2) is 60.7 Å². The Morgan fingerprint density at radius 3 is 2.62 bits per heavy atom. The van der Waals surface area contributed by atoms with Gasteiger partial charge in [0.15, 0.2) is 6.61 Å². The first-order valence-electron chi connectivity index (χ1n) is 9.00. The summed E-state index contributed by atoms with van der Waals surface area (Å²) in [5, 5.41) is 2.22. The lowest BCUT2D eigenvalue weighted by Crippen LogP contribution is -2.32. The molecular weight excluding hydrogens is 324 g/mol. The lowest BCUT2D eigenvalue weighted by atomic mass is 9.97. The van der Waals surface area contributed by atoms with Crippen molar-refractivity contribution in [2.45, 2.75) is 12.8 Å². The zero-order chi connectivity index (χ0) is 17.9. The number of nitrogens with two attached hydrogens (primary N) is 1. The molecular formula is C22H22N2O2. The van der Waals surface area contributed by atoms with E-state index in [9.17, 15) is 4.79 Å². The van der Waals surface area contributed by atoms with Gasteiger partial charge in [-0.25, -0.2) is 0 Å². The highest BCUT2D eigenvalue weighted by molar-refractivity contribution is 5.98. The molecule has 1 saturated heterocycles. The Labute approximate surface area is 153 Å². The van der Waals surface area contributed by atoms with Crippen molar-refractivity contribution in [2.24, 2.45) is 0 Å². The van der Waals surface area contributed by atoms with E-state index in [0.29, 0.717) is 5.75 Å². The van der Waals surface area contributed by atoms with Gasteiger partial charge in [0.25, 0.3) is 5.91 Å². The third kappa shape index (κ3) is 3.36. The lowest BCUT2D eigenvalue weighted by molar-refractivity contribution is -0.132. The van der Waals surface area contributed by atoms with Crippen molar-refractivity contribution in [3.05, 3.63) is 60.7 Å². The second-order valence-electron chi connectivity index (χ2n) is 6.69. The Kier molecular flexibility index (Phi) is 4.48. The first kappa shape index (κ1) is 16.5. The summed E-state index contributed by atoms with van der Waals surface area (Å²) in [6.07, 6.45) is 2.17. The molecule has 3 aromatic rings. The van der Waals surface area contributed by atoms with Crippen molar-refractivity contribution in [1.29, 1.82) is 0 Å². The summed E-state index contributed by atoms with van der Waals surface area (Å²) in [6, 6.07) is 20.0. The number of carbonyl (C=O) groups is 1. The number of nitrogens with zero attached hydrogens (tertiary/aromatic N) is 1. The molecule has 2 N–H and O–H groups in total. The maximum Gasteiger partial charge on any atom is 0.260 e. The quantitative estimate of drug-likeness (QED) is 0.724. The van der Waals surface area contributed by atoms with Gasteiger partial charge in [-0.2, -0.15) is 0 Å². The molecule has 1 heterocycles. The third-order valence-electron chi connectivity index (χ3n) is 4.85. The highest BCUT2D eigenvalue weighted by atomic mass is 16.5. The summed E-state index contributed by atoms with van der Waals surface area (Å²) in [5.74, 6) is 0.759. The summed E-state index contributed by atoms with van der Waals surface area (Å²) >= 11 is 0. The maximum absolute atomic E-state index is 12.3. The molecule has 1 amide bonds. The van der Waals surface area contributed by atoms with Crippen molar-refractivity contribution in [1.82, 2.24) is 4.90 Å². The van der Waals surface area contributed by atoms with Gasteiger partial charge >= 0.3 is 0 Å². The van der Waals surface area contributed by atoms with E-state index in [1.807, 2.05) is 53.4 Å². The Morgan fingerprint density at radius 1 is 1.00 bits per heavy atom. The fourth-order valence-corrected chi connectivity index (χ4v) is 3.51. The molecule has 1 aliphatic rings. The molecule has 0 bridgehead atoms. The molecule has 4 nitrogen and oxygen atoms in total. The van der Waals surface area contributed by atoms with Gasteiger partial charge in [-0.15, -0.1) is 0 Å². The molecule has 0 atom stereocenters. The topological polar surface area (TPSA) is 55.6 Å². The van der Waals surface area contributed by atoms with Gasteiger partial charge in [0.05, 0.1) is 0 Å². The minimum atomic E-state index is 0.0566. The average molecular weight is 346 g/mol. The van der Waals surface area contributed by atoms with Crippen LogP contribution in [-0.2, 0) is 4.79 Å². The first-order valence-corrected chi connectivity index (χ1v) is 9.00. The van der Waals surface area contributed by atoms with E-state index >= 15 is 0 Å². The molecule has 1 fully saturated rings. The molecule has 0 saturated carbocycles. The van der Waals surface area contributed by atoms with E-state index in [1.54, 1.807) is 0 Å². The molecule has 0 radical (unpaired) electrons. The fourth-order valence-electron chi connectivity index (χ4n) is 3.51. The number of nitrogen functional groups attached to an aromatic ring is 1. The maximum atomic E-state index is 12.3. The smallest absolute Gasteiger partial charge is 0.260 e. The molecule has 0 unspecified atom stereocenters. The summed E-state index contributed by atoms with van der Waals surface area (Å²) in [4.78, 5) is 14.1. The summed E-state index contributed by atoms with van der Waals surface area (Å²) in [5.41, 5.74) is 8.78. The van der Waals surface area contributed by atoms with Gasteiger partial charge in [-0.3, -0.25) is 4.79 Å². The molecule has 26 heavy (non-hydrogen) atoms. The number of carbonyl (C=O) groups excluding carboxylic acids is 1. The molecule has 0 aliphatic carbocycles. The van der Waals surface area contributed by atoms with Crippen LogP contribution in [-0.4, -0.2) is 30.5 Å². The van der Waals surface area contributed by atoms with Crippen LogP contribution in [0.5, 0.6) is 5.75 Å². The predicted octanol–water partition coefficient (Wildman–Crippen LogP) is 4.09. The summed E-state index contributed by atoms with van der Waals surface area (Å²) < 4.78 is 5.86. The highest BCUT2D eigenvalue weighted by Crippen LogP contribution is 2.33. The van der Waals surface area contributed by atoms with Crippen LogP contribution in [0.4, 0.5) is 5.69 Å². The Morgan fingerprint density at radius 2 is 1.81 bits per heavy atom. The zero-order valence-electron chi connectivity index (χ0n) is 14.7. The van der Waals surface area contributed by atoms with E-state index in [2.05, 4.69) is 12.1 Å². The standard InChI is InChI=1S/C22H22N2O2/c23-18-8-5-7-16(12-18)21-14-19(13-17-6-1-2-9-20(17)21)26-15-22(25)24-10-3-4-11-24/h1-2,5-9,12-14H,3-4,10-11,15,23H2. The van der Waals surface area contributed by atoms with Crippen molar-refractivity contribution >= 4 is 22.4 Å². The van der Waals surface area contributed by atoms with Crippen LogP contribution in [0.25, 0.3) is 21.9 Å². The number of anilines is 1. The SMILES string of the molecule is Nc1cccc(-c2cc(OCC(=O)N3CCCC3)cc3ccccc23)c1. The molecule has 132 valence electrons. The van der Waals surface area contributed by atoms with Gasteiger partial charge in [0.2, 0.25) is 0 Å². The number of fused-ring (bicyclic) bond motifs is 1. The Balaban J connectivity index is 1.66. The minimum Gasteiger partial charge on any atom is -0.484 e.